The number of ether oxygens (including phenoxy) is 3. The van der Waals surface area contributed by atoms with Crippen molar-refractivity contribution in [2.24, 2.45) is 0 Å². The molecule has 7 nitrogen and oxygen atoms in total. The molecule has 3 heterocycles. The molecular weight excluding hydrogens is 396 g/mol. The molecule has 0 bridgehead atoms. The minimum atomic E-state index is -2.99. The van der Waals surface area contributed by atoms with Gasteiger partial charge >= 0.3 is 11.9 Å². The summed E-state index contributed by atoms with van der Waals surface area (Å²) in [6.07, 6.45) is 1.44. The summed E-state index contributed by atoms with van der Waals surface area (Å²) in [4.78, 5) is 20.9. The van der Waals surface area contributed by atoms with Crippen LogP contribution in [0.4, 0.5) is 14.6 Å². The predicted molar refractivity (Wildman–Crippen MR) is 104 cm³/mol. The fourth-order valence-corrected chi connectivity index (χ4v) is 3.86. The Hall–Kier alpha value is -2.81. The predicted octanol–water partition coefficient (Wildman–Crippen LogP) is 3.45. The third-order valence-corrected chi connectivity index (χ3v) is 5.26. The normalized spacial score (nSPS) is 19.3. The number of carbonyl (C=O) groups excluding carboxylic acids is 1. The molecule has 1 saturated heterocycles. The van der Waals surface area contributed by atoms with E-state index in [9.17, 15) is 13.6 Å². The molecule has 1 unspecified atom stereocenters. The van der Waals surface area contributed by atoms with Crippen molar-refractivity contribution in [3.05, 3.63) is 46.4 Å². The number of halogens is 2. The van der Waals surface area contributed by atoms with Crippen molar-refractivity contribution < 1.29 is 27.8 Å². The number of benzene rings is 1. The summed E-state index contributed by atoms with van der Waals surface area (Å²) in [5.41, 5.74) is 1.76. The number of nitrogens with zero attached hydrogens (tertiary/aromatic N) is 2. The number of methoxy groups -OCH3 is 1. The number of rotatable bonds is 6. The van der Waals surface area contributed by atoms with E-state index in [1.165, 1.54) is 13.2 Å². The lowest BCUT2D eigenvalue weighted by atomic mass is 10.0. The lowest BCUT2D eigenvalue weighted by molar-refractivity contribution is -0.139. The number of esters is 1. The number of aromatic nitrogens is 2. The second-order valence-electron chi connectivity index (χ2n) is 7.37. The van der Waals surface area contributed by atoms with Gasteiger partial charge in [-0.05, 0) is 25.8 Å². The maximum atomic E-state index is 14.0. The maximum Gasteiger partial charge on any atom is 0.311 e. The minimum Gasteiger partial charge on any atom is -0.486 e. The van der Waals surface area contributed by atoms with Gasteiger partial charge in [0.05, 0.1) is 30.9 Å². The molecule has 160 valence electrons. The first kappa shape index (κ1) is 20.5. The van der Waals surface area contributed by atoms with Crippen molar-refractivity contribution in [3.8, 4) is 5.75 Å². The van der Waals surface area contributed by atoms with E-state index in [4.69, 9.17) is 14.2 Å². The summed E-state index contributed by atoms with van der Waals surface area (Å²) in [5.74, 6) is -2.19. The van der Waals surface area contributed by atoms with E-state index in [2.05, 4.69) is 15.3 Å². The first-order chi connectivity index (χ1) is 14.4. The van der Waals surface area contributed by atoms with Gasteiger partial charge in [0.1, 0.15) is 17.4 Å². The van der Waals surface area contributed by atoms with Crippen molar-refractivity contribution in [2.45, 2.75) is 44.8 Å². The van der Waals surface area contributed by atoms with E-state index in [-0.39, 0.29) is 30.4 Å². The van der Waals surface area contributed by atoms with E-state index in [0.717, 1.165) is 12.8 Å². The molecule has 1 aromatic carbocycles. The minimum absolute atomic E-state index is 0.000196. The monoisotopic (exact) mass is 419 g/mol. The Morgan fingerprint density at radius 3 is 2.93 bits per heavy atom. The van der Waals surface area contributed by atoms with Crippen LogP contribution in [0.2, 0.25) is 0 Å². The van der Waals surface area contributed by atoms with E-state index in [0.29, 0.717) is 35.1 Å². The number of fused-ring (bicyclic) bond motifs is 1. The van der Waals surface area contributed by atoms with Crippen LogP contribution in [0, 0.1) is 6.92 Å². The molecule has 2 aromatic rings. The zero-order valence-electron chi connectivity index (χ0n) is 16.8. The van der Waals surface area contributed by atoms with E-state index < -0.39 is 18.5 Å². The van der Waals surface area contributed by atoms with Gasteiger partial charge in [0, 0.05) is 24.3 Å². The molecule has 0 saturated carbocycles. The molecule has 2 aliphatic rings. The standard InChI is InChI=1S/C21H23F2N3O4/c1-12-25-15(9-17(27)28-2)18(16-7-4-8-29-16)20(26-12)24-10-13-5-3-6-14-19(13)30-11-21(14,22)23/h3,5-6,16H,4,7-11H2,1-2H3,(H,24,25,26). The van der Waals surface area contributed by atoms with E-state index >= 15 is 0 Å². The summed E-state index contributed by atoms with van der Waals surface area (Å²) in [7, 11) is 1.33. The van der Waals surface area contributed by atoms with Crippen molar-refractivity contribution >= 4 is 11.8 Å². The second-order valence-corrected chi connectivity index (χ2v) is 7.37. The SMILES string of the molecule is COC(=O)Cc1nc(C)nc(NCc2cccc3c2OCC3(F)F)c1C1CCCO1. The maximum absolute atomic E-state index is 14.0. The van der Waals surface area contributed by atoms with Gasteiger partial charge in [-0.25, -0.2) is 9.97 Å². The summed E-state index contributed by atoms with van der Waals surface area (Å²) in [6, 6.07) is 4.71. The van der Waals surface area contributed by atoms with Crippen LogP contribution in [0.15, 0.2) is 18.2 Å². The molecule has 4 rings (SSSR count). The summed E-state index contributed by atoms with van der Waals surface area (Å²) >= 11 is 0. The Balaban J connectivity index is 1.66. The third-order valence-electron chi connectivity index (χ3n) is 5.26. The highest BCUT2D eigenvalue weighted by Crippen LogP contribution is 2.43. The summed E-state index contributed by atoms with van der Waals surface area (Å²) in [5, 5.41) is 3.23. The van der Waals surface area contributed by atoms with Crippen LogP contribution in [-0.2, 0) is 33.2 Å². The first-order valence-corrected chi connectivity index (χ1v) is 9.81. The van der Waals surface area contributed by atoms with Crippen LogP contribution in [0.25, 0.3) is 0 Å². The number of para-hydroxylation sites is 1. The summed E-state index contributed by atoms with van der Waals surface area (Å²) < 4.78 is 43.9. The number of anilines is 1. The number of aryl methyl sites for hydroxylation is 1. The molecule has 1 aromatic heterocycles. The van der Waals surface area contributed by atoms with Crippen LogP contribution in [0.5, 0.6) is 5.75 Å². The highest BCUT2D eigenvalue weighted by Gasteiger charge is 2.42. The van der Waals surface area contributed by atoms with Crippen LogP contribution in [-0.4, -0.2) is 36.3 Å². The quantitative estimate of drug-likeness (QED) is 0.718. The number of hydrogen-bond acceptors (Lipinski definition) is 7. The average molecular weight is 419 g/mol. The number of alkyl halides is 2. The lowest BCUT2D eigenvalue weighted by Gasteiger charge is -2.20. The number of hydrogen-bond donors (Lipinski definition) is 1. The van der Waals surface area contributed by atoms with Gasteiger partial charge in [-0.2, -0.15) is 8.78 Å². The van der Waals surface area contributed by atoms with Gasteiger partial charge in [0.15, 0.2) is 6.61 Å². The Bertz CT molecular complexity index is 962. The highest BCUT2D eigenvalue weighted by atomic mass is 19.3. The zero-order chi connectivity index (χ0) is 21.3. The second kappa shape index (κ2) is 8.14. The molecule has 9 heteroatoms. The Morgan fingerprint density at radius 2 is 2.20 bits per heavy atom. The van der Waals surface area contributed by atoms with Crippen LogP contribution >= 0.6 is 0 Å². The molecular formula is C21H23F2N3O4. The van der Waals surface area contributed by atoms with Crippen LogP contribution in [0.3, 0.4) is 0 Å². The van der Waals surface area contributed by atoms with Crippen molar-refractivity contribution in [2.75, 3.05) is 25.6 Å². The molecule has 0 radical (unpaired) electrons. The molecule has 30 heavy (non-hydrogen) atoms. The Kier molecular flexibility index (Phi) is 5.55. The fourth-order valence-electron chi connectivity index (χ4n) is 3.86. The van der Waals surface area contributed by atoms with Crippen molar-refractivity contribution in [1.29, 1.82) is 0 Å². The van der Waals surface area contributed by atoms with Crippen LogP contribution in [0.1, 0.15) is 47.2 Å². The number of nitrogens with one attached hydrogen (secondary N) is 1. The topological polar surface area (TPSA) is 82.6 Å². The van der Waals surface area contributed by atoms with E-state index in [1.54, 1.807) is 19.1 Å². The average Bonchev–Trinajstić information content (AvgIpc) is 3.34. The van der Waals surface area contributed by atoms with Gasteiger partial charge in [0.2, 0.25) is 0 Å². The molecule has 1 fully saturated rings. The molecule has 0 spiro atoms. The van der Waals surface area contributed by atoms with Crippen LogP contribution < -0.4 is 10.1 Å². The van der Waals surface area contributed by atoms with Gasteiger partial charge in [-0.1, -0.05) is 12.1 Å². The van der Waals surface area contributed by atoms with Crippen molar-refractivity contribution in [1.82, 2.24) is 9.97 Å². The molecule has 2 aliphatic heterocycles. The fraction of sp³-hybridized carbons (Fsp3) is 0.476. The molecule has 1 atom stereocenters. The van der Waals surface area contributed by atoms with Crippen molar-refractivity contribution in [3.63, 3.8) is 0 Å². The highest BCUT2D eigenvalue weighted by molar-refractivity contribution is 5.73. The lowest BCUT2D eigenvalue weighted by Crippen LogP contribution is -2.17. The first-order valence-electron chi connectivity index (χ1n) is 9.81. The zero-order valence-corrected chi connectivity index (χ0v) is 16.8. The van der Waals surface area contributed by atoms with Gasteiger partial charge in [-0.3, -0.25) is 4.79 Å². The number of carbonyl (C=O) groups is 1. The smallest absolute Gasteiger partial charge is 0.311 e. The molecule has 1 N–H and O–H groups in total. The van der Waals surface area contributed by atoms with Gasteiger partial charge in [0.25, 0.3) is 0 Å². The Morgan fingerprint density at radius 1 is 1.37 bits per heavy atom. The van der Waals surface area contributed by atoms with E-state index in [1.807, 2.05) is 0 Å². The largest absolute Gasteiger partial charge is 0.486 e. The third kappa shape index (κ3) is 3.94. The van der Waals surface area contributed by atoms with Gasteiger partial charge in [-0.15, -0.1) is 0 Å². The Labute approximate surface area is 172 Å². The van der Waals surface area contributed by atoms with Gasteiger partial charge < -0.3 is 19.5 Å². The molecule has 0 aliphatic carbocycles. The molecule has 0 amide bonds. The summed E-state index contributed by atoms with van der Waals surface area (Å²) in [6.45, 7) is 1.92.